The van der Waals surface area contributed by atoms with Gasteiger partial charge in [-0.05, 0) is 23.8 Å². The first kappa shape index (κ1) is 29.4. The van der Waals surface area contributed by atoms with Crippen molar-refractivity contribution in [2.75, 3.05) is 55.5 Å². The van der Waals surface area contributed by atoms with E-state index < -0.39 is 0 Å². The molecule has 4 aromatic rings. The summed E-state index contributed by atoms with van der Waals surface area (Å²) in [6.45, 7) is 3.26. The Kier molecular flexibility index (Phi) is 11.8. The predicted octanol–water partition coefficient (Wildman–Crippen LogP) is 4.11. The fourth-order valence-electron chi connectivity index (χ4n) is 3.69. The lowest BCUT2D eigenvalue weighted by molar-refractivity contribution is 0.0519. The summed E-state index contributed by atoms with van der Waals surface area (Å²) in [6.07, 6.45) is 0. The van der Waals surface area contributed by atoms with Crippen LogP contribution in [0, 0.1) is 5.82 Å². The van der Waals surface area contributed by atoms with Crippen LogP contribution in [0.4, 0.5) is 22.2 Å². The number of benzene rings is 3. The van der Waals surface area contributed by atoms with E-state index in [1.807, 2.05) is 48.5 Å². The standard InChI is InChI=1S/C30H34FN7O3/c31-26-14-8-7-13-25(26)22-35-30-37-28(36-29(38-30)34-21-23-9-3-1-4-10-23)33-16-18-41-20-19-40-17-15-32-27(39)24-11-5-2-6-12-24/h1-14H,15-22H2,(H,32,39)(H3,33,34,35,36,37,38). The maximum Gasteiger partial charge on any atom is 0.251 e. The molecule has 0 fully saturated rings. The molecule has 3 aromatic carbocycles. The number of carbonyl (C=O) groups excluding carboxylic acids is 1. The number of ether oxygens (including phenoxy) is 2. The van der Waals surface area contributed by atoms with Crippen LogP contribution in [-0.2, 0) is 22.6 Å². The summed E-state index contributed by atoms with van der Waals surface area (Å²) >= 11 is 0. The molecule has 10 nitrogen and oxygen atoms in total. The van der Waals surface area contributed by atoms with Crippen molar-refractivity contribution in [2.45, 2.75) is 13.1 Å². The van der Waals surface area contributed by atoms with Crippen LogP contribution in [0.3, 0.4) is 0 Å². The second-order valence-corrected chi connectivity index (χ2v) is 8.86. The molecule has 214 valence electrons. The third-order valence-electron chi connectivity index (χ3n) is 5.79. The summed E-state index contributed by atoms with van der Waals surface area (Å²) in [5.74, 6) is 0.637. The Morgan fingerprint density at radius 3 is 1.88 bits per heavy atom. The molecule has 0 saturated heterocycles. The van der Waals surface area contributed by atoms with E-state index in [1.165, 1.54) is 6.07 Å². The van der Waals surface area contributed by atoms with Crippen molar-refractivity contribution in [1.29, 1.82) is 0 Å². The highest BCUT2D eigenvalue weighted by Crippen LogP contribution is 2.13. The molecule has 0 atom stereocenters. The Labute approximate surface area is 238 Å². The van der Waals surface area contributed by atoms with E-state index >= 15 is 0 Å². The number of hydrogen-bond donors (Lipinski definition) is 4. The Bertz CT molecular complexity index is 1350. The number of anilines is 3. The first-order valence-corrected chi connectivity index (χ1v) is 13.4. The van der Waals surface area contributed by atoms with Crippen LogP contribution >= 0.6 is 0 Å². The third-order valence-corrected chi connectivity index (χ3v) is 5.79. The van der Waals surface area contributed by atoms with Gasteiger partial charge in [0.1, 0.15) is 5.82 Å². The van der Waals surface area contributed by atoms with Crippen LogP contribution in [-0.4, -0.2) is 60.4 Å². The molecule has 0 unspecified atom stereocenters. The van der Waals surface area contributed by atoms with Gasteiger partial charge in [0.2, 0.25) is 17.8 Å². The summed E-state index contributed by atoms with van der Waals surface area (Å²) in [4.78, 5) is 25.3. The van der Waals surface area contributed by atoms with Gasteiger partial charge in [-0.15, -0.1) is 0 Å². The molecule has 0 aliphatic rings. The largest absolute Gasteiger partial charge is 0.377 e. The minimum atomic E-state index is -0.298. The van der Waals surface area contributed by atoms with E-state index in [-0.39, 0.29) is 18.3 Å². The van der Waals surface area contributed by atoms with Crippen LogP contribution in [0.25, 0.3) is 0 Å². The zero-order chi connectivity index (χ0) is 28.5. The first-order chi connectivity index (χ1) is 20.2. The minimum absolute atomic E-state index is 0.126. The van der Waals surface area contributed by atoms with Crippen LogP contribution in [0.15, 0.2) is 84.9 Å². The minimum Gasteiger partial charge on any atom is -0.377 e. The summed E-state index contributed by atoms with van der Waals surface area (Å²) in [5.41, 5.74) is 2.21. The molecule has 0 radical (unpaired) electrons. The molecule has 41 heavy (non-hydrogen) atoms. The fraction of sp³-hybridized carbons (Fsp3) is 0.267. The molecule has 1 aromatic heterocycles. The highest BCUT2D eigenvalue weighted by atomic mass is 19.1. The quantitative estimate of drug-likeness (QED) is 0.142. The van der Waals surface area contributed by atoms with Crippen molar-refractivity contribution in [2.24, 2.45) is 0 Å². The smallest absolute Gasteiger partial charge is 0.251 e. The highest BCUT2D eigenvalue weighted by Gasteiger charge is 2.08. The van der Waals surface area contributed by atoms with E-state index in [1.54, 1.807) is 30.3 Å². The Morgan fingerprint density at radius 1 is 0.634 bits per heavy atom. The normalized spacial score (nSPS) is 10.7. The summed E-state index contributed by atoms with van der Waals surface area (Å²) in [6, 6.07) is 25.5. The number of rotatable bonds is 17. The number of nitrogens with zero attached hydrogens (tertiary/aromatic N) is 3. The van der Waals surface area contributed by atoms with E-state index in [4.69, 9.17) is 9.47 Å². The van der Waals surface area contributed by atoms with Gasteiger partial charge >= 0.3 is 0 Å². The molecule has 11 heteroatoms. The predicted molar refractivity (Wildman–Crippen MR) is 156 cm³/mol. The fourth-order valence-corrected chi connectivity index (χ4v) is 3.69. The van der Waals surface area contributed by atoms with Gasteiger partial charge in [-0.1, -0.05) is 66.7 Å². The Hall–Kier alpha value is -4.61. The summed E-state index contributed by atoms with van der Waals surface area (Å²) in [7, 11) is 0. The Balaban J connectivity index is 1.18. The monoisotopic (exact) mass is 559 g/mol. The second kappa shape index (κ2) is 16.5. The van der Waals surface area contributed by atoms with E-state index in [9.17, 15) is 9.18 Å². The van der Waals surface area contributed by atoms with Crippen LogP contribution in [0.5, 0.6) is 0 Å². The maximum absolute atomic E-state index is 14.1. The molecule has 1 amide bonds. The van der Waals surface area contributed by atoms with Gasteiger partial charge in [0.25, 0.3) is 5.91 Å². The molecule has 0 bridgehead atoms. The number of carbonyl (C=O) groups is 1. The number of aromatic nitrogens is 3. The lowest BCUT2D eigenvalue weighted by Crippen LogP contribution is -2.27. The molecular formula is C30H34FN7O3. The lowest BCUT2D eigenvalue weighted by atomic mass is 10.2. The van der Waals surface area contributed by atoms with Crippen LogP contribution in [0.1, 0.15) is 21.5 Å². The number of nitrogens with one attached hydrogen (secondary N) is 4. The van der Waals surface area contributed by atoms with Gasteiger partial charge in [0.15, 0.2) is 0 Å². The maximum atomic E-state index is 14.1. The van der Waals surface area contributed by atoms with E-state index in [0.717, 1.165) is 5.56 Å². The molecule has 0 aliphatic carbocycles. The number of amides is 1. The summed E-state index contributed by atoms with van der Waals surface area (Å²) < 4.78 is 25.2. The van der Waals surface area contributed by atoms with Crippen LogP contribution < -0.4 is 21.3 Å². The SMILES string of the molecule is O=C(NCCOCCOCCNc1nc(NCc2ccccc2)nc(NCc2ccccc2F)n1)c1ccccc1. The van der Waals surface area contributed by atoms with Gasteiger partial charge in [-0.25, -0.2) is 4.39 Å². The zero-order valence-corrected chi connectivity index (χ0v) is 22.7. The van der Waals surface area contributed by atoms with Crippen molar-refractivity contribution < 1.29 is 18.7 Å². The lowest BCUT2D eigenvalue weighted by Gasteiger charge is -2.12. The van der Waals surface area contributed by atoms with Crippen molar-refractivity contribution >= 4 is 23.8 Å². The summed E-state index contributed by atoms with van der Waals surface area (Å²) in [5, 5.41) is 12.2. The van der Waals surface area contributed by atoms with E-state index in [0.29, 0.717) is 75.0 Å². The van der Waals surface area contributed by atoms with Gasteiger partial charge in [0, 0.05) is 37.3 Å². The van der Waals surface area contributed by atoms with Crippen molar-refractivity contribution in [3.05, 3.63) is 107 Å². The van der Waals surface area contributed by atoms with Gasteiger partial charge in [0.05, 0.1) is 26.4 Å². The third kappa shape index (κ3) is 10.5. The number of hydrogen-bond acceptors (Lipinski definition) is 9. The van der Waals surface area contributed by atoms with Crippen LogP contribution in [0.2, 0.25) is 0 Å². The average Bonchev–Trinajstić information content (AvgIpc) is 3.01. The molecule has 1 heterocycles. The van der Waals surface area contributed by atoms with Crippen molar-refractivity contribution in [3.8, 4) is 0 Å². The Morgan fingerprint density at radius 2 is 1.20 bits per heavy atom. The zero-order valence-electron chi connectivity index (χ0n) is 22.7. The van der Waals surface area contributed by atoms with E-state index in [2.05, 4.69) is 36.2 Å². The average molecular weight is 560 g/mol. The van der Waals surface area contributed by atoms with Crippen molar-refractivity contribution in [1.82, 2.24) is 20.3 Å². The molecular weight excluding hydrogens is 525 g/mol. The number of halogens is 1. The molecule has 0 saturated carbocycles. The van der Waals surface area contributed by atoms with Gasteiger partial charge < -0.3 is 30.7 Å². The van der Waals surface area contributed by atoms with Gasteiger partial charge in [-0.2, -0.15) is 15.0 Å². The highest BCUT2D eigenvalue weighted by molar-refractivity contribution is 5.94. The molecule has 4 rings (SSSR count). The molecule has 0 spiro atoms. The molecule has 4 N–H and O–H groups in total. The second-order valence-electron chi connectivity index (χ2n) is 8.86. The van der Waals surface area contributed by atoms with Gasteiger partial charge in [-0.3, -0.25) is 4.79 Å². The first-order valence-electron chi connectivity index (χ1n) is 13.4. The molecule has 0 aliphatic heterocycles. The topological polar surface area (TPSA) is 122 Å². The van der Waals surface area contributed by atoms with Crippen molar-refractivity contribution in [3.63, 3.8) is 0 Å².